The van der Waals surface area contributed by atoms with E-state index in [-0.39, 0.29) is 0 Å². The number of para-hydroxylation sites is 2. The van der Waals surface area contributed by atoms with Crippen molar-refractivity contribution in [3.05, 3.63) is 66.4 Å². The maximum absolute atomic E-state index is 5.36. The molecule has 0 fully saturated rings. The van der Waals surface area contributed by atoms with Gasteiger partial charge in [0.25, 0.3) is 0 Å². The Hall–Kier alpha value is -3.15. The smallest absolute Gasteiger partial charge is 0.249 e. The lowest BCUT2D eigenvalue weighted by molar-refractivity contribution is 0.410. The van der Waals surface area contributed by atoms with E-state index in [4.69, 9.17) is 4.74 Å². The molecule has 0 aliphatic rings. The number of hydrogen-bond acceptors (Lipinski definition) is 6. The normalized spacial score (nSPS) is 10.2. The first-order valence-electron chi connectivity index (χ1n) is 7.73. The minimum atomic E-state index is 0.462. The molecule has 122 valence electrons. The fourth-order valence-corrected chi connectivity index (χ4v) is 2.33. The van der Waals surface area contributed by atoms with Gasteiger partial charge in [-0.2, -0.15) is 10.1 Å². The molecule has 2 N–H and O–H groups in total. The van der Waals surface area contributed by atoms with E-state index < -0.39 is 0 Å². The topological polar surface area (TPSA) is 72.0 Å². The van der Waals surface area contributed by atoms with E-state index in [1.807, 2.05) is 48.5 Å². The van der Waals surface area contributed by atoms with E-state index in [0.717, 1.165) is 30.0 Å². The van der Waals surface area contributed by atoms with Crippen LogP contribution in [0.4, 0.5) is 17.5 Å². The molecule has 0 aliphatic carbocycles. The summed E-state index contributed by atoms with van der Waals surface area (Å²) in [6.45, 7) is 0.726. The second-order valence-corrected chi connectivity index (χ2v) is 5.14. The summed E-state index contributed by atoms with van der Waals surface area (Å²) in [5.41, 5.74) is 2.07. The van der Waals surface area contributed by atoms with Crippen LogP contribution < -0.4 is 15.4 Å². The zero-order chi connectivity index (χ0) is 16.6. The molecular formula is C18H19N5O. The Balaban J connectivity index is 1.59. The monoisotopic (exact) mass is 321 g/mol. The zero-order valence-corrected chi connectivity index (χ0v) is 13.4. The molecule has 0 atom stereocenters. The number of anilines is 3. The standard InChI is InChI=1S/C18H19N5O/c1-24-16-10-6-5-7-14(16)11-12-19-17-13-20-23-18(22-17)21-15-8-3-2-4-9-15/h2-10,13H,11-12H2,1H3,(H2,19,21,22,23). The number of nitrogens with zero attached hydrogens (tertiary/aromatic N) is 3. The summed E-state index contributed by atoms with van der Waals surface area (Å²) in [6, 6.07) is 17.7. The highest BCUT2D eigenvalue weighted by molar-refractivity contribution is 5.53. The molecule has 0 aliphatic heterocycles. The van der Waals surface area contributed by atoms with E-state index >= 15 is 0 Å². The van der Waals surface area contributed by atoms with E-state index in [1.54, 1.807) is 13.3 Å². The van der Waals surface area contributed by atoms with Gasteiger partial charge in [0.1, 0.15) is 5.75 Å². The molecule has 24 heavy (non-hydrogen) atoms. The second kappa shape index (κ2) is 7.92. The van der Waals surface area contributed by atoms with Crippen LogP contribution in [0.15, 0.2) is 60.8 Å². The van der Waals surface area contributed by atoms with Gasteiger partial charge in [0.05, 0.1) is 13.3 Å². The molecule has 0 amide bonds. The number of benzene rings is 2. The minimum Gasteiger partial charge on any atom is -0.496 e. The summed E-state index contributed by atoms with van der Waals surface area (Å²) in [5.74, 6) is 2.04. The zero-order valence-electron chi connectivity index (χ0n) is 13.4. The average molecular weight is 321 g/mol. The van der Waals surface area contributed by atoms with Crippen molar-refractivity contribution >= 4 is 17.5 Å². The molecule has 0 unspecified atom stereocenters. The molecule has 3 aromatic rings. The molecule has 0 radical (unpaired) electrons. The summed E-state index contributed by atoms with van der Waals surface area (Å²) in [5, 5.41) is 14.4. The largest absolute Gasteiger partial charge is 0.496 e. The highest BCUT2D eigenvalue weighted by atomic mass is 16.5. The predicted octanol–water partition coefficient (Wildman–Crippen LogP) is 3.28. The van der Waals surface area contributed by atoms with Gasteiger partial charge >= 0.3 is 0 Å². The Labute approximate surface area is 140 Å². The van der Waals surface area contributed by atoms with Crippen molar-refractivity contribution in [3.8, 4) is 5.75 Å². The summed E-state index contributed by atoms with van der Waals surface area (Å²) in [7, 11) is 1.68. The van der Waals surface area contributed by atoms with Gasteiger partial charge in [-0.15, -0.1) is 5.10 Å². The Morgan fingerprint density at radius 2 is 1.79 bits per heavy atom. The SMILES string of the molecule is COc1ccccc1CCNc1cnnc(Nc2ccccc2)n1. The minimum absolute atomic E-state index is 0.462. The molecule has 0 bridgehead atoms. The molecule has 0 saturated carbocycles. The van der Waals surface area contributed by atoms with Crippen LogP contribution in [0.1, 0.15) is 5.56 Å². The Kier molecular flexibility index (Phi) is 5.19. The Morgan fingerprint density at radius 1 is 1.00 bits per heavy atom. The lowest BCUT2D eigenvalue weighted by atomic mass is 10.1. The lowest BCUT2D eigenvalue weighted by Crippen LogP contribution is -2.09. The van der Waals surface area contributed by atoms with Crippen LogP contribution in [0.25, 0.3) is 0 Å². The number of aromatic nitrogens is 3. The van der Waals surface area contributed by atoms with Gasteiger partial charge in [-0.05, 0) is 30.2 Å². The van der Waals surface area contributed by atoms with Crippen LogP contribution in [0, 0.1) is 0 Å². The van der Waals surface area contributed by atoms with Gasteiger partial charge in [-0.25, -0.2) is 0 Å². The third kappa shape index (κ3) is 4.19. The first-order chi connectivity index (χ1) is 11.8. The van der Waals surface area contributed by atoms with Crippen molar-refractivity contribution in [1.82, 2.24) is 15.2 Å². The van der Waals surface area contributed by atoms with Crippen LogP contribution in [-0.4, -0.2) is 28.8 Å². The number of hydrogen-bond donors (Lipinski definition) is 2. The van der Waals surface area contributed by atoms with E-state index in [0.29, 0.717) is 11.8 Å². The van der Waals surface area contributed by atoms with E-state index in [9.17, 15) is 0 Å². The first kappa shape index (κ1) is 15.7. The molecule has 6 heteroatoms. The maximum atomic E-state index is 5.36. The van der Waals surface area contributed by atoms with Crippen molar-refractivity contribution < 1.29 is 4.74 Å². The molecule has 0 saturated heterocycles. The fourth-order valence-electron chi connectivity index (χ4n) is 2.33. The molecular weight excluding hydrogens is 302 g/mol. The van der Waals surface area contributed by atoms with E-state index in [2.05, 4.69) is 31.9 Å². The van der Waals surface area contributed by atoms with Gasteiger partial charge in [-0.3, -0.25) is 0 Å². The fraction of sp³-hybridized carbons (Fsp3) is 0.167. The van der Waals surface area contributed by atoms with Crippen molar-refractivity contribution in [3.63, 3.8) is 0 Å². The van der Waals surface area contributed by atoms with Gasteiger partial charge in [0.2, 0.25) is 5.95 Å². The van der Waals surface area contributed by atoms with Gasteiger partial charge in [0.15, 0.2) is 5.82 Å². The van der Waals surface area contributed by atoms with Gasteiger partial charge < -0.3 is 15.4 Å². The summed E-state index contributed by atoms with van der Waals surface area (Å²) >= 11 is 0. The van der Waals surface area contributed by atoms with Gasteiger partial charge in [0, 0.05) is 12.2 Å². The number of ether oxygens (including phenoxy) is 1. The number of rotatable bonds is 7. The predicted molar refractivity (Wildman–Crippen MR) is 94.7 cm³/mol. The molecule has 1 aromatic heterocycles. The maximum Gasteiger partial charge on any atom is 0.249 e. The molecule has 6 nitrogen and oxygen atoms in total. The van der Waals surface area contributed by atoms with Crippen LogP contribution in [-0.2, 0) is 6.42 Å². The third-order valence-electron chi connectivity index (χ3n) is 3.48. The first-order valence-corrected chi connectivity index (χ1v) is 7.73. The van der Waals surface area contributed by atoms with Crippen molar-refractivity contribution in [1.29, 1.82) is 0 Å². The van der Waals surface area contributed by atoms with Crippen LogP contribution in [0.3, 0.4) is 0 Å². The molecule has 2 aromatic carbocycles. The van der Waals surface area contributed by atoms with Crippen LogP contribution in [0.5, 0.6) is 5.75 Å². The third-order valence-corrected chi connectivity index (χ3v) is 3.48. The van der Waals surface area contributed by atoms with Gasteiger partial charge in [-0.1, -0.05) is 36.4 Å². The van der Waals surface area contributed by atoms with Crippen molar-refractivity contribution in [2.24, 2.45) is 0 Å². The summed E-state index contributed by atoms with van der Waals surface area (Å²) in [6.07, 6.45) is 2.44. The second-order valence-electron chi connectivity index (χ2n) is 5.14. The average Bonchev–Trinajstić information content (AvgIpc) is 2.63. The molecule has 3 rings (SSSR count). The van der Waals surface area contributed by atoms with E-state index in [1.165, 1.54) is 0 Å². The summed E-state index contributed by atoms with van der Waals surface area (Å²) in [4.78, 5) is 4.41. The van der Waals surface area contributed by atoms with Crippen molar-refractivity contribution in [2.75, 3.05) is 24.3 Å². The molecule has 1 heterocycles. The highest BCUT2D eigenvalue weighted by Crippen LogP contribution is 2.18. The quantitative estimate of drug-likeness (QED) is 0.696. The van der Waals surface area contributed by atoms with Crippen LogP contribution >= 0.6 is 0 Å². The summed E-state index contributed by atoms with van der Waals surface area (Å²) < 4.78 is 5.36. The lowest BCUT2D eigenvalue weighted by Gasteiger charge is -2.10. The van der Waals surface area contributed by atoms with Crippen molar-refractivity contribution in [2.45, 2.75) is 6.42 Å². The van der Waals surface area contributed by atoms with Crippen LogP contribution in [0.2, 0.25) is 0 Å². The Morgan fingerprint density at radius 3 is 2.62 bits per heavy atom. The highest BCUT2D eigenvalue weighted by Gasteiger charge is 2.03. The number of nitrogens with one attached hydrogen (secondary N) is 2. The Bertz CT molecular complexity index is 779. The molecule has 0 spiro atoms. The number of methoxy groups -OCH3 is 1.